The van der Waals surface area contributed by atoms with Crippen molar-refractivity contribution >= 4 is 50.1 Å². The minimum Gasteiger partial charge on any atom is -0.376 e. The highest BCUT2D eigenvalue weighted by Gasteiger charge is 2.26. The molecule has 2 aliphatic rings. The highest BCUT2D eigenvalue weighted by atomic mass is 32.2. The summed E-state index contributed by atoms with van der Waals surface area (Å²) in [6, 6.07) is 5.88. The lowest BCUT2D eigenvalue weighted by atomic mass is 10.2. The topological polar surface area (TPSA) is 131 Å². The minimum absolute atomic E-state index is 0.0937. The Morgan fingerprint density at radius 2 is 1.88 bits per heavy atom. The number of thioether (sulfide) groups is 1. The highest BCUT2D eigenvalue weighted by Crippen LogP contribution is 2.26. The summed E-state index contributed by atoms with van der Waals surface area (Å²) in [5.41, 5.74) is 0.315. The lowest BCUT2D eigenvalue weighted by Gasteiger charge is -2.25. The third kappa shape index (κ3) is 6.54. The van der Waals surface area contributed by atoms with Crippen molar-refractivity contribution in [3.63, 3.8) is 0 Å². The fourth-order valence-corrected chi connectivity index (χ4v) is 6.83. The van der Waals surface area contributed by atoms with E-state index in [-0.39, 0.29) is 22.7 Å². The Balaban J connectivity index is 1.26. The maximum Gasteiger partial charge on any atom is 0.257 e. The monoisotopic (exact) mass is 525 g/mol. The van der Waals surface area contributed by atoms with Gasteiger partial charge in [0.15, 0.2) is 4.34 Å². The SMILES string of the molecule is O=C(CSc1nnc(NC(=O)c2ccc(S(=O)(=O)N3CCCCC3)cc2)s1)NCC1CCCO1. The molecule has 1 unspecified atom stereocenters. The van der Waals surface area contributed by atoms with Crippen molar-refractivity contribution in [1.82, 2.24) is 19.8 Å². The van der Waals surface area contributed by atoms with Crippen LogP contribution in [0.4, 0.5) is 5.13 Å². The summed E-state index contributed by atoms with van der Waals surface area (Å²) in [7, 11) is -3.54. The van der Waals surface area contributed by atoms with Crippen LogP contribution in [0, 0.1) is 0 Å². The number of ether oxygens (including phenoxy) is 1. The van der Waals surface area contributed by atoms with Crippen LogP contribution in [-0.4, -0.2) is 72.8 Å². The Kier molecular flexibility index (Phi) is 8.53. The third-order valence-corrected chi connectivity index (χ3v) is 9.46. The number of hydrogen-bond donors (Lipinski definition) is 2. The first-order chi connectivity index (χ1) is 16.4. The maximum atomic E-state index is 12.8. The standard InChI is InChI=1S/C21H27N5O5S3/c27-18(22-13-16-5-4-12-31-16)14-32-21-25-24-20(33-21)23-19(28)15-6-8-17(9-7-15)34(29,30)26-10-2-1-3-11-26/h6-9,16H,1-5,10-14H2,(H,22,27)(H,23,24,28). The van der Waals surface area contributed by atoms with Gasteiger partial charge in [-0.3, -0.25) is 14.9 Å². The van der Waals surface area contributed by atoms with Gasteiger partial charge < -0.3 is 10.1 Å². The van der Waals surface area contributed by atoms with E-state index in [4.69, 9.17) is 4.74 Å². The first-order valence-corrected chi connectivity index (χ1v) is 14.4. The van der Waals surface area contributed by atoms with Crippen LogP contribution in [0.5, 0.6) is 0 Å². The van der Waals surface area contributed by atoms with Gasteiger partial charge in [0.1, 0.15) is 0 Å². The smallest absolute Gasteiger partial charge is 0.257 e. The van der Waals surface area contributed by atoms with E-state index in [0.29, 0.717) is 34.7 Å². The van der Waals surface area contributed by atoms with E-state index in [1.54, 1.807) is 0 Å². The van der Waals surface area contributed by atoms with Crippen molar-refractivity contribution in [3.05, 3.63) is 29.8 Å². The number of piperidine rings is 1. The fraction of sp³-hybridized carbons (Fsp3) is 0.524. The predicted octanol–water partition coefficient (Wildman–Crippen LogP) is 2.35. The number of aromatic nitrogens is 2. The minimum atomic E-state index is -3.54. The van der Waals surface area contributed by atoms with Gasteiger partial charge in [-0.05, 0) is 49.9 Å². The van der Waals surface area contributed by atoms with E-state index >= 15 is 0 Å². The number of rotatable bonds is 9. The van der Waals surface area contributed by atoms with Gasteiger partial charge in [0.25, 0.3) is 5.91 Å². The van der Waals surface area contributed by atoms with Crippen LogP contribution in [0.2, 0.25) is 0 Å². The average Bonchev–Trinajstić information content (AvgIpc) is 3.54. The maximum absolute atomic E-state index is 12.8. The van der Waals surface area contributed by atoms with Crippen LogP contribution in [0.1, 0.15) is 42.5 Å². The lowest BCUT2D eigenvalue weighted by molar-refractivity contribution is -0.119. The third-order valence-electron chi connectivity index (χ3n) is 5.57. The van der Waals surface area contributed by atoms with E-state index in [1.807, 2.05) is 0 Å². The molecule has 34 heavy (non-hydrogen) atoms. The molecule has 2 amide bonds. The van der Waals surface area contributed by atoms with Gasteiger partial charge in [-0.1, -0.05) is 29.5 Å². The normalized spacial score (nSPS) is 19.1. The molecule has 0 radical (unpaired) electrons. The number of carbonyl (C=O) groups excluding carboxylic acids is 2. The first kappa shape index (κ1) is 25.0. The summed E-state index contributed by atoms with van der Waals surface area (Å²) < 4.78 is 33.0. The van der Waals surface area contributed by atoms with Gasteiger partial charge in [0.2, 0.25) is 21.1 Å². The number of amides is 2. The molecule has 2 N–H and O–H groups in total. The van der Waals surface area contributed by atoms with Gasteiger partial charge in [-0.2, -0.15) is 4.31 Å². The van der Waals surface area contributed by atoms with Crippen LogP contribution in [0.25, 0.3) is 0 Å². The zero-order valence-electron chi connectivity index (χ0n) is 18.6. The molecule has 0 saturated carbocycles. The summed E-state index contributed by atoms with van der Waals surface area (Å²) in [4.78, 5) is 24.7. The number of benzene rings is 1. The highest BCUT2D eigenvalue weighted by molar-refractivity contribution is 8.01. The zero-order chi connectivity index (χ0) is 24.0. The van der Waals surface area contributed by atoms with Gasteiger partial charge in [-0.15, -0.1) is 10.2 Å². The average molecular weight is 526 g/mol. The molecule has 0 bridgehead atoms. The van der Waals surface area contributed by atoms with Gasteiger partial charge >= 0.3 is 0 Å². The summed E-state index contributed by atoms with van der Waals surface area (Å²) >= 11 is 2.41. The summed E-state index contributed by atoms with van der Waals surface area (Å²) in [5, 5.41) is 13.8. The Morgan fingerprint density at radius 3 is 2.59 bits per heavy atom. The van der Waals surface area contributed by atoms with Crippen molar-refractivity contribution in [2.75, 3.05) is 37.3 Å². The molecule has 3 heterocycles. The van der Waals surface area contributed by atoms with E-state index in [1.165, 1.54) is 51.7 Å². The molecule has 2 fully saturated rings. The molecule has 10 nitrogen and oxygen atoms in total. The summed E-state index contributed by atoms with van der Waals surface area (Å²) in [5.74, 6) is -0.327. The quantitative estimate of drug-likeness (QED) is 0.377. The van der Waals surface area contributed by atoms with Crippen molar-refractivity contribution < 1.29 is 22.7 Å². The van der Waals surface area contributed by atoms with E-state index < -0.39 is 15.9 Å². The lowest BCUT2D eigenvalue weighted by Crippen LogP contribution is -2.35. The summed E-state index contributed by atoms with van der Waals surface area (Å²) in [6.07, 6.45) is 4.85. The van der Waals surface area contributed by atoms with E-state index in [0.717, 1.165) is 38.7 Å². The second-order valence-corrected chi connectivity index (χ2v) is 12.2. The van der Waals surface area contributed by atoms with Gasteiger partial charge in [0, 0.05) is 31.8 Å². The molecule has 1 aromatic carbocycles. The number of carbonyl (C=O) groups is 2. The van der Waals surface area contributed by atoms with E-state index in [9.17, 15) is 18.0 Å². The Bertz CT molecular complexity index is 1090. The Hall–Kier alpha value is -2.06. The predicted molar refractivity (Wildman–Crippen MR) is 130 cm³/mol. The van der Waals surface area contributed by atoms with Crippen molar-refractivity contribution in [3.8, 4) is 0 Å². The molecule has 1 aromatic heterocycles. The van der Waals surface area contributed by atoms with Gasteiger partial charge in [0.05, 0.1) is 16.8 Å². The summed E-state index contributed by atoms with van der Waals surface area (Å²) in [6.45, 7) is 2.31. The van der Waals surface area contributed by atoms with Crippen molar-refractivity contribution in [2.45, 2.75) is 47.4 Å². The van der Waals surface area contributed by atoms with Crippen LogP contribution < -0.4 is 10.6 Å². The number of anilines is 1. The molecule has 0 spiro atoms. The van der Waals surface area contributed by atoms with E-state index in [2.05, 4.69) is 20.8 Å². The largest absolute Gasteiger partial charge is 0.376 e. The zero-order valence-corrected chi connectivity index (χ0v) is 21.0. The molecule has 4 rings (SSSR count). The van der Waals surface area contributed by atoms with Crippen LogP contribution in [0.3, 0.4) is 0 Å². The molecule has 2 aliphatic heterocycles. The molecule has 184 valence electrons. The molecule has 2 aromatic rings. The number of sulfonamides is 1. The fourth-order valence-electron chi connectivity index (χ4n) is 3.73. The Morgan fingerprint density at radius 1 is 1.12 bits per heavy atom. The molecule has 2 saturated heterocycles. The number of nitrogens with zero attached hydrogens (tertiary/aromatic N) is 3. The molecular weight excluding hydrogens is 498 g/mol. The van der Waals surface area contributed by atoms with Gasteiger partial charge in [-0.25, -0.2) is 8.42 Å². The van der Waals surface area contributed by atoms with Crippen molar-refractivity contribution in [1.29, 1.82) is 0 Å². The second-order valence-electron chi connectivity index (χ2n) is 8.04. The second kappa shape index (κ2) is 11.6. The first-order valence-electron chi connectivity index (χ1n) is 11.2. The van der Waals surface area contributed by atoms with Crippen LogP contribution in [-0.2, 0) is 19.6 Å². The number of nitrogens with one attached hydrogen (secondary N) is 2. The van der Waals surface area contributed by atoms with Crippen LogP contribution >= 0.6 is 23.1 Å². The molecule has 13 heteroatoms. The molecule has 0 aliphatic carbocycles. The molecular formula is C21H27N5O5S3. The molecule has 1 atom stereocenters. The Labute approximate surface area is 206 Å². The van der Waals surface area contributed by atoms with Crippen LogP contribution in [0.15, 0.2) is 33.5 Å². The van der Waals surface area contributed by atoms with Crippen molar-refractivity contribution in [2.24, 2.45) is 0 Å². The number of hydrogen-bond acceptors (Lipinski definition) is 9.